The van der Waals surface area contributed by atoms with E-state index in [4.69, 9.17) is 0 Å². The van der Waals surface area contributed by atoms with Gasteiger partial charge in [-0.3, -0.25) is 0 Å². The lowest BCUT2D eigenvalue weighted by Gasteiger charge is -2.45. The molecule has 21 rings (SSSR count). The average Bonchev–Trinajstić information content (AvgIpc) is 1.16. The fourth-order valence-corrected chi connectivity index (χ4v) is 18.6. The molecule has 0 bridgehead atoms. The predicted molar refractivity (Wildman–Crippen MR) is 490 cm³/mol. The van der Waals surface area contributed by atoms with E-state index in [1.807, 2.05) is 0 Å². The van der Waals surface area contributed by atoms with Crippen LogP contribution in [0.15, 0.2) is 394 Å². The fraction of sp³-hybridized carbons (Fsp3) is 0.0727. The summed E-state index contributed by atoms with van der Waals surface area (Å²) in [7, 11) is 0. The van der Waals surface area contributed by atoms with Gasteiger partial charge in [0.25, 0.3) is 6.71 Å². The first kappa shape index (κ1) is 69.0. The van der Waals surface area contributed by atoms with Gasteiger partial charge >= 0.3 is 0 Å². The van der Waals surface area contributed by atoms with Crippen LogP contribution in [-0.4, -0.2) is 15.8 Å². The Labute approximate surface area is 673 Å². The molecule has 0 saturated carbocycles. The van der Waals surface area contributed by atoms with Gasteiger partial charge in [-0.1, -0.05) is 339 Å². The highest BCUT2D eigenvalue weighted by Gasteiger charge is 2.45. The van der Waals surface area contributed by atoms with E-state index in [-0.39, 0.29) is 17.5 Å². The van der Waals surface area contributed by atoms with Crippen LogP contribution in [0.25, 0.3) is 144 Å². The zero-order valence-electron chi connectivity index (χ0n) is 65.4. The molecule has 0 spiro atoms. The van der Waals surface area contributed by atoms with E-state index in [0.717, 1.165) is 123 Å². The van der Waals surface area contributed by atoms with E-state index in [2.05, 4.69) is 455 Å². The predicted octanol–water partition coefficient (Wildman–Crippen LogP) is 27.9. The second kappa shape index (κ2) is 27.4. The molecule has 17 aromatic carbocycles. The van der Waals surface area contributed by atoms with Crippen molar-refractivity contribution in [3.05, 3.63) is 405 Å². The zero-order valence-corrected chi connectivity index (χ0v) is 65.4. The summed E-state index contributed by atoms with van der Waals surface area (Å²) in [5.74, 6) is 0. The van der Waals surface area contributed by atoms with Crippen LogP contribution in [0.4, 0.5) is 34.1 Å². The van der Waals surface area contributed by atoms with E-state index >= 15 is 0 Å². The van der Waals surface area contributed by atoms with Crippen molar-refractivity contribution >= 4 is 101 Å². The smallest absolute Gasteiger partial charge is 0.252 e. The summed E-state index contributed by atoms with van der Waals surface area (Å²) in [6.45, 7) is 13.5. The minimum Gasteiger partial charge on any atom is -0.311 e. The van der Waals surface area contributed by atoms with Crippen molar-refractivity contribution in [3.63, 3.8) is 0 Å². The number of para-hydroxylation sites is 6. The van der Waals surface area contributed by atoms with Crippen LogP contribution in [0.5, 0.6) is 0 Å². The molecule has 4 heterocycles. The van der Waals surface area contributed by atoms with Gasteiger partial charge < -0.3 is 18.9 Å². The van der Waals surface area contributed by atoms with Crippen LogP contribution in [0, 0.1) is 0 Å². The largest absolute Gasteiger partial charge is 0.311 e. The van der Waals surface area contributed by atoms with Crippen LogP contribution >= 0.6 is 0 Å². The van der Waals surface area contributed by atoms with Gasteiger partial charge in [0, 0.05) is 77.9 Å². The molecule has 0 atom stereocenters. The maximum Gasteiger partial charge on any atom is 0.252 e. The molecule has 546 valence electrons. The second-order valence-electron chi connectivity index (χ2n) is 33.2. The lowest BCUT2D eigenvalue weighted by atomic mass is 9.33. The van der Waals surface area contributed by atoms with Crippen LogP contribution < -0.4 is 26.2 Å². The molecule has 0 fully saturated rings. The van der Waals surface area contributed by atoms with Gasteiger partial charge in [-0.2, -0.15) is 0 Å². The first-order valence-corrected chi connectivity index (χ1v) is 40.3. The Hall–Kier alpha value is -14.0. The Morgan fingerprint density at radius 3 is 0.887 bits per heavy atom. The Bertz CT molecular complexity index is 6490. The monoisotopic (exact) mass is 1470 g/mol. The van der Waals surface area contributed by atoms with Crippen molar-refractivity contribution in [2.24, 2.45) is 0 Å². The van der Waals surface area contributed by atoms with Gasteiger partial charge in [0.2, 0.25) is 0 Å². The summed E-state index contributed by atoms with van der Waals surface area (Å²) in [6, 6.07) is 149. The molecular formula is C110H83BN4. The summed E-state index contributed by atoms with van der Waals surface area (Å²) in [5, 5.41) is 4.85. The first-order valence-electron chi connectivity index (χ1n) is 40.3. The SMILES string of the molecule is CC(C)(C)c1ccc(-c2cccc3c4ccccc4n(-c4ccc5c(c4)N(c4ccccc4-c4cc(-c6ccccc6)cc(-c6ccccc6)c4)c4cccc6c4B5c4ccc(-n5c7ccccc7c7cccc(-c8ccc(C(C)(C)C)cc8)c75)cc4N6c4ccccc4-c4cc(-c5ccccc5)cc(-c5ccccc5)c4)c23)cc1. The number of nitrogens with zero attached hydrogens (tertiary/aromatic N) is 4. The third kappa shape index (κ3) is 11.7. The molecule has 0 saturated heterocycles. The van der Waals surface area contributed by atoms with Crippen molar-refractivity contribution in [1.29, 1.82) is 0 Å². The summed E-state index contributed by atoms with van der Waals surface area (Å²) in [4.78, 5) is 5.26. The van der Waals surface area contributed by atoms with Crippen molar-refractivity contribution in [3.8, 4) is 100 Å². The maximum absolute atomic E-state index is 2.63. The van der Waals surface area contributed by atoms with Crippen LogP contribution in [-0.2, 0) is 10.8 Å². The first-order chi connectivity index (χ1) is 56.3. The lowest BCUT2D eigenvalue weighted by molar-refractivity contribution is 0.590. The number of rotatable bonds is 12. The number of aromatic nitrogens is 2. The fourth-order valence-electron chi connectivity index (χ4n) is 18.6. The van der Waals surface area contributed by atoms with E-state index in [9.17, 15) is 0 Å². The molecule has 4 nitrogen and oxygen atoms in total. The van der Waals surface area contributed by atoms with Gasteiger partial charge in [-0.15, -0.1) is 0 Å². The molecule has 0 aliphatic carbocycles. The number of fused-ring (bicyclic) bond motifs is 10. The van der Waals surface area contributed by atoms with Crippen molar-refractivity contribution < 1.29 is 0 Å². The molecular weight excluding hydrogens is 1390 g/mol. The van der Waals surface area contributed by atoms with E-state index in [1.54, 1.807) is 0 Å². The lowest BCUT2D eigenvalue weighted by Crippen LogP contribution is -2.61. The highest BCUT2D eigenvalue weighted by atomic mass is 15.2. The standard InChI is InChI=1S/C110H83BN4/c1-109(2,3)84-56-52-76(53-57-84)90-42-27-44-94-92-40-21-25-48-100(92)112(107(90)94)86-60-62-96-104(70-86)114(98-46-23-19-38-88(98)82-66-78(72-30-11-7-12-31-72)64-79(67-82)73-32-13-8-14-33-73)102-50-29-51-103-106(102)111(96)97-63-61-87(113-101-49-26-22-41-93(101)95-45-28-43-91(108(95)113)77-54-58-85(59-55-77)110(4,5)6)71-105(97)115(103)99-47-24-20-39-89(99)83-68-80(74-34-15-9-16-35-74)65-81(69-83)75-36-17-10-18-37-75/h7-71H,1-6H3. The number of hydrogen-bond donors (Lipinski definition) is 0. The Balaban J connectivity index is 0.852. The van der Waals surface area contributed by atoms with Gasteiger partial charge in [0.15, 0.2) is 0 Å². The zero-order chi connectivity index (χ0) is 77.2. The molecule has 5 heteroatoms. The van der Waals surface area contributed by atoms with Crippen LogP contribution in [0.3, 0.4) is 0 Å². The summed E-state index contributed by atoms with van der Waals surface area (Å²) < 4.78 is 5.11. The van der Waals surface area contributed by atoms with Crippen LogP contribution in [0.2, 0.25) is 0 Å². The molecule has 2 aliphatic rings. The Morgan fingerprint density at radius 1 is 0.209 bits per heavy atom. The van der Waals surface area contributed by atoms with Crippen molar-refractivity contribution in [2.75, 3.05) is 9.80 Å². The van der Waals surface area contributed by atoms with Gasteiger partial charge in [0.05, 0.1) is 33.4 Å². The maximum atomic E-state index is 2.63. The Kier molecular flexibility index (Phi) is 16.5. The molecule has 0 N–H and O–H groups in total. The third-order valence-electron chi connectivity index (χ3n) is 24.2. The van der Waals surface area contributed by atoms with E-state index in [1.165, 1.54) is 82.3 Å². The molecule has 115 heavy (non-hydrogen) atoms. The molecule has 2 aliphatic heterocycles. The topological polar surface area (TPSA) is 16.3 Å². The number of hydrogen-bond acceptors (Lipinski definition) is 2. The molecule has 0 amide bonds. The van der Waals surface area contributed by atoms with Gasteiger partial charge in [-0.25, -0.2) is 0 Å². The summed E-state index contributed by atoms with van der Waals surface area (Å²) >= 11 is 0. The minimum absolute atomic E-state index is 0.00394. The molecule has 19 aromatic rings. The van der Waals surface area contributed by atoms with E-state index in [0.29, 0.717) is 0 Å². The van der Waals surface area contributed by atoms with Crippen molar-refractivity contribution in [2.45, 2.75) is 52.4 Å². The average molecular weight is 1470 g/mol. The quantitative estimate of drug-likeness (QED) is 0.113. The van der Waals surface area contributed by atoms with Crippen LogP contribution in [0.1, 0.15) is 52.7 Å². The van der Waals surface area contributed by atoms with E-state index < -0.39 is 0 Å². The summed E-state index contributed by atoms with van der Waals surface area (Å²) in [5.41, 5.74) is 38.2. The van der Waals surface area contributed by atoms with Crippen molar-refractivity contribution in [1.82, 2.24) is 9.13 Å². The molecule has 2 aromatic heterocycles. The summed E-state index contributed by atoms with van der Waals surface area (Å²) in [6.07, 6.45) is 0. The molecule has 0 radical (unpaired) electrons. The molecule has 0 unspecified atom stereocenters. The third-order valence-corrected chi connectivity index (χ3v) is 24.2. The minimum atomic E-state index is -0.242. The van der Waals surface area contributed by atoms with Gasteiger partial charge in [0.1, 0.15) is 0 Å². The Morgan fingerprint density at radius 2 is 0.513 bits per heavy atom. The second-order valence-corrected chi connectivity index (χ2v) is 33.2. The number of benzene rings is 17. The number of anilines is 6. The van der Waals surface area contributed by atoms with Gasteiger partial charge in [-0.05, 0) is 202 Å². The highest BCUT2D eigenvalue weighted by Crippen LogP contribution is 2.52. The highest BCUT2D eigenvalue weighted by molar-refractivity contribution is 7.00. The normalized spacial score (nSPS) is 12.6.